The van der Waals surface area contributed by atoms with Gasteiger partial charge >= 0.3 is 5.97 Å². The van der Waals surface area contributed by atoms with E-state index in [0.717, 1.165) is 49.7 Å². The third kappa shape index (κ3) is 7.90. The van der Waals surface area contributed by atoms with Gasteiger partial charge in [0.05, 0.1) is 0 Å². The van der Waals surface area contributed by atoms with Crippen LogP contribution in [0.1, 0.15) is 72.2 Å². The van der Waals surface area contributed by atoms with Gasteiger partial charge in [-0.3, -0.25) is 9.59 Å². The van der Waals surface area contributed by atoms with E-state index in [4.69, 9.17) is 16.4 Å². The number of Topliss-reactive ketones (excluding diaryl/α,β-unsaturated/α-hetero) is 1. The topological polar surface area (TPSA) is 77.7 Å². The summed E-state index contributed by atoms with van der Waals surface area (Å²) in [6, 6.07) is 26.4. The molecule has 1 aromatic heterocycles. The van der Waals surface area contributed by atoms with E-state index in [0.29, 0.717) is 40.3 Å². The Balaban J connectivity index is 1.48. The first kappa shape index (κ1) is 33.9. The lowest BCUT2D eigenvalue weighted by Crippen LogP contribution is -2.17. The minimum absolute atomic E-state index is 0.0510. The van der Waals surface area contributed by atoms with Crippen LogP contribution in [0, 0.1) is 3.57 Å². The molecule has 0 saturated carbocycles. The molecule has 9 heteroatoms. The lowest BCUT2D eigenvalue weighted by atomic mass is 9.99. The zero-order valence-corrected chi connectivity index (χ0v) is 29.5. The van der Waals surface area contributed by atoms with Crippen molar-refractivity contribution in [3.05, 3.63) is 110 Å². The number of ketones is 2. The minimum Gasteiger partial charge on any atom is -0.341 e. The SMILES string of the molecule is CCCCCC(=O)O/N=C(\CCSc1ccc(Cl)cc1)C(=O)c1ccc2c(c1)c1cc(C(=O)c3ccccc3I)ccc1n2CC. The summed E-state index contributed by atoms with van der Waals surface area (Å²) >= 11 is 9.78. The first-order chi connectivity index (χ1) is 22.3. The highest BCUT2D eigenvalue weighted by molar-refractivity contribution is 14.1. The van der Waals surface area contributed by atoms with Crippen LogP contribution in [-0.2, 0) is 16.2 Å². The van der Waals surface area contributed by atoms with E-state index in [-0.39, 0.29) is 23.7 Å². The number of benzene rings is 4. The number of oxime groups is 1. The van der Waals surface area contributed by atoms with Crippen molar-refractivity contribution in [2.24, 2.45) is 5.16 Å². The Labute approximate surface area is 291 Å². The summed E-state index contributed by atoms with van der Waals surface area (Å²) in [4.78, 5) is 46.1. The summed E-state index contributed by atoms with van der Waals surface area (Å²) < 4.78 is 3.07. The second-order valence-electron chi connectivity index (χ2n) is 10.9. The molecular weight excluding hydrogens is 731 g/mol. The number of rotatable bonds is 14. The van der Waals surface area contributed by atoms with Crippen LogP contribution in [0.25, 0.3) is 21.8 Å². The fraction of sp³-hybridized carbons (Fsp3) is 0.243. The number of carbonyl (C=O) groups is 3. The smallest absolute Gasteiger partial charge is 0.335 e. The monoisotopic (exact) mass is 764 g/mol. The number of halogens is 2. The van der Waals surface area contributed by atoms with Crippen molar-refractivity contribution in [3.8, 4) is 0 Å². The molecule has 0 bridgehead atoms. The van der Waals surface area contributed by atoms with Crippen molar-refractivity contribution in [3.63, 3.8) is 0 Å². The van der Waals surface area contributed by atoms with Crippen LogP contribution in [0.5, 0.6) is 0 Å². The van der Waals surface area contributed by atoms with Crippen molar-refractivity contribution in [2.75, 3.05) is 5.75 Å². The molecular formula is C37H34ClIN2O4S. The Morgan fingerprint density at radius 1 is 0.848 bits per heavy atom. The molecule has 0 amide bonds. The summed E-state index contributed by atoms with van der Waals surface area (Å²) in [7, 11) is 0. The lowest BCUT2D eigenvalue weighted by molar-refractivity contribution is -0.143. The first-order valence-electron chi connectivity index (χ1n) is 15.4. The molecule has 236 valence electrons. The summed E-state index contributed by atoms with van der Waals surface area (Å²) in [6.45, 7) is 4.86. The lowest BCUT2D eigenvalue weighted by Gasteiger charge is -2.08. The van der Waals surface area contributed by atoms with Gasteiger partial charge < -0.3 is 9.40 Å². The van der Waals surface area contributed by atoms with Gasteiger partial charge in [-0.2, -0.15) is 0 Å². The molecule has 0 radical (unpaired) electrons. The van der Waals surface area contributed by atoms with Gasteiger partial charge in [0.25, 0.3) is 0 Å². The van der Waals surface area contributed by atoms with Crippen LogP contribution in [0.2, 0.25) is 5.02 Å². The first-order valence-corrected chi connectivity index (χ1v) is 17.8. The number of unbranched alkanes of at least 4 members (excludes halogenated alkanes) is 2. The van der Waals surface area contributed by atoms with Gasteiger partial charge in [-0.15, -0.1) is 11.8 Å². The molecule has 5 aromatic rings. The second kappa shape index (κ2) is 15.9. The fourth-order valence-electron chi connectivity index (χ4n) is 5.36. The maximum absolute atomic E-state index is 13.9. The van der Waals surface area contributed by atoms with E-state index >= 15 is 0 Å². The van der Waals surface area contributed by atoms with E-state index in [9.17, 15) is 14.4 Å². The normalized spacial score (nSPS) is 11.7. The van der Waals surface area contributed by atoms with Gasteiger partial charge in [0.2, 0.25) is 5.78 Å². The molecule has 4 aromatic carbocycles. The zero-order valence-electron chi connectivity index (χ0n) is 25.7. The highest BCUT2D eigenvalue weighted by Crippen LogP contribution is 2.32. The average molecular weight is 765 g/mol. The second-order valence-corrected chi connectivity index (χ2v) is 13.6. The Morgan fingerprint density at radius 3 is 2.20 bits per heavy atom. The molecule has 6 nitrogen and oxygen atoms in total. The number of carbonyl (C=O) groups excluding carboxylic acids is 3. The van der Waals surface area contributed by atoms with Crippen molar-refractivity contribution in [2.45, 2.75) is 57.4 Å². The van der Waals surface area contributed by atoms with E-state index in [1.807, 2.05) is 78.9 Å². The van der Waals surface area contributed by atoms with Crippen LogP contribution >= 0.6 is 46.0 Å². The molecule has 0 spiro atoms. The highest BCUT2D eigenvalue weighted by atomic mass is 127. The van der Waals surface area contributed by atoms with E-state index in [1.54, 1.807) is 17.8 Å². The standard InChI is InChI=1S/C37H34ClIN2O4S/c1-3-5-6-11-35(42)45-40-32(20-21-46-27-16-14-26(38)15-17-27)37(44)25-13-19-34-30(23-25)29-22-24(12-18-33(29)41(34)4-2)36(43)28-9-7-8-10-31(28)39/h7-10,12-19,22-23H,3-6,11,20-21H2,1-2H3/b40-32+. The van der Waals surface area contributed by atoms with E-state index in [1.165, 1.54) is 0 Å². The summed E-state index contributed by atoms with van der Waals surface area (Å²) in [5, 5.41) is 6.51. The van der Waals surface area contributed by atoms with Gasteiger partial charge in [0.15, 0.2) is 5.78 Å². The molecule has 0 aliphatic heterocycles. The molecule has 0 atom stereocenters. The Kier molecular flexibility index (Phi) is 11.7. The molecule has 0 saturated heterocycles. The van der Waals surface area contributed by atoms with E-state index < -0.39 is 5.97 Å². The van der Waals surface area contributed by atoms with Crippen LogP contribution < -0.4 is 0 Å². The van der Waals surface area contributed by atoms with Crippen molar-refractivity contribution >= 4 is 91.0 Å². The van der Waals surface area contributed by atoms with Crippen LogP contribution in [0.15, 0.2) is 95.0 Å². The van der Waals surface area contributed by atoms with Gasteiger partial charge in [-0.1, -0.05) is 48.7 Å². The molecule has 1 heterocycles. The Hall–Kier alpha value is -3.47. The largest absolute Gasteiger partial charge is 0.341 e. The maximum atomic E-state index is 13.9. The molecule has 0 N–H and O–H groups in total. The molecule has 46 heavy (non-hydrogen) atoms. The zero-order chi connectivity index (χ0) is 32.6. The molecule has 0 unspecified atom stereocenters. The summed E-state index contributed by atoms with van der Waals surface area (Å²) in [5.74, 6) is -0.245. The van der Waals surface area contributed by atoms with Crippen LogP contribution in [-0.4, -0.2) is 33.6 Å². The van der Waals surface area contributed by atoms with Crippen molar-refractivity contribution < 1.29 is 19.2 Å². The molecule has 0 fully saturated rings. The molecule has 0 aliphatic carbocycles. The minimum atomic E-state index is -0.448. The third-order valence-corrected chi connectivity index (χ3v) is 9.96. The predicted octanol–water partition coefficient (Wildman–Crippen LogP) is 10.1. The average Bonchev–Trinajstić information content (AvgIpc) is 3.39. The van der Waals surface area contributed by atoms with Gasteiger partial charge in [-0.25, -0.2) is 4.79 Å². The maximum Gasteiger partial charge on any atom is 0.335 e. The summed E-state index contributed by atoms with van der Waals surface area (Å²) in [6.07, 6.45) is 3.18. The fourth-order valence-corrected chi connectivity index (χ4v) is 6.98. The Morgan fingerprint density at radius 2 is 1.52 bits per heavy atom. The van der Waals surface area contributed by atoms with Gasteiger partial charge in [0, 0.05) is 77.1 Å². The quantitative estimate of drug-likeness (QED) is 0.0214. The molecule has 5 rings (SSSR count). The van der Waals surface area contributed by atoms with Crippen molar-refractivity contribution in [1.82, 2.24) is 4.57 Å². The van der Waals surface area contributed by atoms with E-state index in [2.05, 4.69) is 46.2 Å². The number of fused-ring (bicyclic) bond motifs is 3. The Bertz CT molecular complexity index is 1930. The third-order valence-electron chi connectivity index (χ3n) is 7.75. The number of thioether (sulfide) groups is 1. The van der Waals surface area contributed by atoms with Gasteiger partial charge in [0.1, 0.15) is 5.71 Å². The van der Waals surface area contributed by atoms with Crippen LogP contribution in [0.3, 0.4) is 0 Å². The van der Waals surface area contributed by atoms with Crippen molar-refractivity contribution in [1.29, 1.82) is 0 Å². The van der Waals surface area contributed by atoms with Gasteiger partial charge in [-0.05, 0) is 109 Å². The number of nitrogens with zero attached hydrogens (tertiary/aromatic N) is 2. The number of aromatic nitrogens is 1. The molecule has 0 aliphatic rings. The summed E-state index contributed by atoms with van der Waals surface area (Å²) in [5.41, 5.74) is 3.80. The highest BCUT2D eigenvalue weighted by Gasteiger charge is 2.20. The number of aryl methyl sites for hydroxylation is 1. The van der Waals surface area contributed by atoms with Crippen LogP contribution in [0.4, 0.5) is 0 Å². The number of hydrogen-bond acceptors (Lipinski definition) is 6. The number of hydrogen-bond donors (Lipinski definition) is 0. The predicted molar refractivity (Wildman–Crippen MR) is 197 cm³/mol.